The van der Waals surface area contributed by atoms with Crippen LogP contribution in [-0.2, 0) is 0 Å². The molecule has 0 spiro atoms. The van der Waals surface area contributed by atoms with E-state index in [1.165, 1.54) is 11.0 Å². The number of rotatable bonds is 4. The van der Waals surface area contributed by atoms with Gasteiger partial charge >= 0.3 is 0 Å². The summed E-state index contributed by atoms with van der Waals surface area (Å²) in [5, 5.41) is 8.43. The summed E-state index contributed by atoms with van der Waals surface area (Å²) >= 11 is 0. The van der Waals surface area contributed by atoms with Crippen LogP contribution in [0.1, 0.15) is 16.2 Å². The Bertz CT molecular complexity index is 887. The third kappa shape index (κ3) is 3.21. The second kappa shape index (κ2) is 6.35. The molecule has 0 bridgehead atoms. The first kappa shape index (κ1) is 15.3. The summed E-state index contributed by atoms with van der Waals surface area (Å²) in [6.45, 7) is 2.96. The molecular formula is C18H17N5O2. The molecule has 0 unspecified atom stereocenters. The van der Waals surface area contributed by atoms with Crippen LogP contribution in [0.4, 0.5) is 0 Å². The minimum absolute atomic E-state index is 0.0394. The fourth-order valence-electron chi connectivity index (χ4n) is 2.64. The van der Waals surface area contributed by atoms with Crippen molar-refractivity contribution in [2.45, 2.75) is 13.0 Å². The highest BCUT2D eigenvalue weighted by atomic mass is 16.5. The predicted molar refractivity (Wildman–Crippen MR) is 90.7 cm³/mol. The summed E-state index contributed by atoms with van der Waals surface area (Å²) < 4.78 is 5.78. The van der Waals surface area contributed by atoms with Crippen LogP contribution in [0.15, 0.2) is 54.7 Å². The molecule has 1 aliphatic rings. The molecule has 1 fully saturated rings. The van der Waals surface area contributed by atoms with Gasteiger partial charge in [0.05, 0.1) is 25.0 Å². The Labute approximate surface area is 144 Å². The average molecular weight is 335 g/mol. The van der Waals surface area contributed by atoms with E-state index >= 15 is 0 Å². The first-order chi connectivity index (χ1) is 12.2. The molecule has 2 aromatic heterocycles. The van der Waals surface area contributed by atoms with Gasteiger partial charge in [-0.25, -0.2) is 4.98 Å². The van der Waals surface area contributed by atoms with Crippen LogP contribution < -0.4 is 4.74 Å². The smallest absolute Gasteiger partial charge is 0.276 e. The van der Waals surface area contributed by atoms with Crippen molar-refractivity contribution in [3.05, 3.63) is 66.1 Å². The van der Waals surface area contributed by atoms with Crippen LogP contribution in [0.5, 0.6) is 5.88 Å². The Hall–Kier alpha value is -3.22. The maximum atomic E-state index is 12.5. The lowest BCUT2D eigenvalue weighted by molar-refractivity contribution is 0.0155. The second-order valence-corrected chi connectivity index (χ2v) is 5.92. The number of hydrogen-bond acceptors (Lipinski definition) is 5. The van der Waals surface area contributed by atoms with Crippen molar-refractivity contribution in [2.24, 2.45) is 0 Å². The number of benzene rings is 1. The highest BCUT2D eigenvalue weighted by Crippen LogP contribution is 2.18. The highest BCUT2D eigenvalue weighted by molar-refractivity contribution is 5.92. The van der Waals surface area contributed by atoms with E-state index in [0.717, 1.165) is 11.4 Å². The molecule has 3 heterocycles. The molecule has 0 radical (unpaired) electrons. The van der Waals surface area contributed by atoms with Crippen LogP contribution in [0.3, 0.4) is 0 Å². The molecule has 0 N–H and O–H groups in total. The average Bonchev–Trinajstić information content (AvgIpc) is 3.08. The van der Waals surface area contributed by atoms with Crippen molar-refractivity contribution in [3.63, 3.8) is 0 Å². The lowest BCUT2D eigenvalue weighted by Gasteiger charge is -2.38. The van der Waals surface area contributed by atoms with Crippen LogP contribution in [0, 0.1) is 6.92 Å². The number of pyridine rings is 1. The number of hydrogen-bond donors (Lipinski definition) is 0. The molecule has 1 amide bonds. The standard InChI is InChI=1S/C18H17N5O2/c1-13-6-5-9-17(20-13)25-15-11-22(12-15)18(24)16-10-19-23(21-16)14-7-3-2-4-8-14/h2-10,15H,11-12H2,1H3. The summed E-state index contributed by atoms with van der Waals surface area (Å²) in [4.78, 5) is 19.9. The van der Waals surface area contributed by atoms with Gasteiger partial charge in [-0.2, -0.15) is 9.90 Å². The Morgan fingerprint density at radius 3 is 2.68 bits per heavy atom. The number of nitrogens with zero attached hydrogens (tertiary/aromatic N) is 5. The number of ether oxygens (including phenoxy) is 1. The normalized spacial score (nSPS) is 14.2. The zero-order chi connectivity index (χ0) is 17.2. The fraction of sp³-hybridized carbons (Fsp3) is 0.222. The zero-order valence-corrected chi connectivity index (χ0v) is 13.7. The lowest BCUT2D eigenvalue weighted by atomic mass is 10.1. The van der Waals surface area contributed by atoms with Crippen molar-refractivity contribution in [2.75, 3.05) is 13.1 Å². The molecule has 0 saturated carbocycles. The quantitative estimate of drug-likeness (QED) is 0.728. The second-order valence-electron chi connectivity index (χ2n) is 5.92. The number of aryl methyl sites for hydroxylation is 1. The first-order valence-corrected chi connectivity index (χ1v) is 8.06. The molecule has 126 valence electrons. The van der Waals surface area contributed by atoms with E-state index < -0.39 is 0 Å². The Morgan fingerprint density at radius 2 is 1.92 bits per heavy atom. The van der Waals surface area contributed by atoms with Crippen molar-refractivity contribution in [1.82, 2.24) is 24.9 Å². The van der Waals surface area contributed by atoms with Gasteiger partial charge in [-0.15, -0.1) is 5.10 Å². The van der Waals surface area contributed by atoms with Gasteiger partial charge in [0.1, 0.15) is 6.10 Å². The minimum Gasteiger partial charge on any atom is -0.471 e. The van der Waals surface area contributed by atoms with E-state index in [1.54, 1.807) is 4.90 Å². The third-order valence-corrected chi connectivity index (χ3v) is 3.98. The van der Waals surface area contributed by atoms with Crippen molar-refractivity contribution in [3.8, 4) is 11.6 Å². The summed E-state index contributed by atoms with van der Waals surface area (Å²) in [6, 6.07) is 15.1. The van der Waals surface area contributed by atoms with E-state index in [0.29, 0.717) is 24.7 Å². The van der Waals surface area contributed by atoms with Gasteiger partial charge in [0.25, 0.3) is 5.91 Å². The van der Waals surface area contributed by atoms with Gasteiger partial charge in [-0.3, -0.25) is 4.79 Å². The van der Waals surface area contributed by atoms with Crippen molar-refractivity contribution < 1.29 is 9.53 Å². The Morgan fingerprint density at radius 1 is 1.12 bits per heavy atom. The van der Waals surface area contributed by atoms with Gasteiger partial charge in [0, 0.05) is 11.8 Å². The summed E-state index contributed by atoms with van der Waals surface area (Å²) in [7, 11) is 0. The maximum Gasteiger partial charge on any atom is 0.276 e. The van der Waals surface area contributed by atoms with Crippen LogP contribution in [0.2, 0.25) is 0 Å². The molecule has 25 heavy (non-hydrogen) atoms. The number of para-hydroxylation sites is 1. The Kier molecular flexibility index (Phi) is 3.89. The van der Waals surface area contributed by atoms with Gasteiger partial charge < -0.3 is 9.64 Å². The summed E-state index contributed by atoms with van der Waals surface area (Å²) in [5.74, 6) is 0.450. The number of likely N-dealkylation sites (tertiary alicyclic amines) is 1. The minimum atomic E-state index is -0.140. The summed E-state index contributed by atoms with van der Waals surface area (Å²) in [6.07, 6.45) is 1.45. The monoisotopic (exact) mass is 335 g/mol. The van der Waals surface area contributed by atoms with Gasteiger partial charge in [0.2, 0.25) is 5.88 Å². The molecular weight excluding hydrogens is 318 g/mol. The van der Waals surface area contributed by atoms with Crippen LogP contribution >= 0.6 is 0 Å². The maximum absolute atomic E-state index is 12.5. The van der Waals surface area contributed by atoms with Gasteiger partial charge in [-0.1, -0.05) is 24.3 Å². The van der Waals surface area contributed by atoms with E-state index in [2.05, 4.69) is 15.2 Å². The molecule has 1 aliphatic heterocycles. The molecule has 0 aliphatic carbocycles. The fourth-order valence-corrected chi connectivity index (χ4v) is 2.64. The largest absolute Gasteiger partial charge is 0.471 e. The summed E-state index contributed by atoms with van der Waals surface area (Å²) in [5.41, 5.74) is 2.05. The van der Waals surface area contributed by atoms with E-state index in [1.807, 2.05) is 55.5 Å². The topological polar surface area (TPSA) is 73.1 Å². The number of carbonyl (C=O) groups excluding carboxylic acids is 1. The van der Waals surface area contributed by atoms with Crippen LogP contribution in [0.25, 0.3) is 5.69 Å². The SMILES string of the molecule is Cc1cccc(OC2CN(C(=O)c3cnn(-c4ccccc4)n3)C2)n1. The number of carbonyl (C=O) groups is 1. The molecule has 7 nitrogen and oxygen atoms in total. The zero-order valence-electron chi connectivity index (χ0n) is 13.7. The molecule has 1 aromatic carbocycles. The Balaban J connectivity index is 1.36. The molecule has 4 rings (SSSR count). The third-order valence-electron chi connectivity index (χ3n) is 3.98. The first-order valence-electron chi connectivity index (χ1n) is 8.06. The van der Waals surface area contributed by atoms with E-state index in [4.69, 9.17) is 4.74 Å². The number of aromatic nitrogens is 4. The lowest BCUT2D eigenvalue weighted by Crippen LogP contribution is -2.56. The highest BCUT2D eigenvalue weighted by Gasteiger charge is 2.34. The van der Waals surface area contributed by atoms with Gasteiger partial charge in [0.15, 0.2) is 5.69 Å². The molecule has 0 atom stereocenters. The number of amides is 1. The van der Waals surface area contributed by atoms with Crippen molar-refractivity contribution in [1.29, 1.82) is 0 Å². The van der Waals surface area contributed by atoms with Crippen LogP contribution in [-0.4, -0.2) is 50.0 Å². The molecule has 7 heteroatoms. The molecule has 3 aromatic rings. The predicted octanol–water partition coefficient (Wildman–Crippen LogP) is 1.87. The van der Waals surface area contributed by atoms with E-state index in [-0.39, 0.29) is 12.0 Å². The van der Waals surface area contributed by atoms with Crippen molar-refractivity contribution >= 4 is 5.91 Å². The van der Waals surface area contributed by atoms with Gasteiger partial charge in [-0.05, 0) is 25.1 Å². The molecule has 1 saturated heterocycles. The van der Waals surface area contributed by atoms with E-state index in [9.17, 15) is 4.79 Å².